The van der Waals surface area contributed by atoms with Crippen LogP contribution >= 0.6 is 0 Å². The second-order valence-corrected chi connectivity index (χ2v) is 6.14. The minimum absolute atomic E-state index is 0.151. The van der Waals surface area contributed by atoms with Crippen molar-refractivity contribution in [3.63, 3.8) is 0 Å². The molecule has 0 bridgehead atoms. The molecule has 0 saturated heterocycles. The van der Waals surface area contributed by atoms with Crippen LogP contribution in [0.1, 0.15) is 16.7 Å². The summed E-state index contributed by atoms with van der Waals surface area (Å²) in [5.41, 5.74) is 3.49. The van der Waals surface area contributed by atoms with Gasteiger partial charge >= 0.3 is 5.56 Å². The highest BCUT2D eigenvalue weighted by molar-refractivity contribution is 5.59. The van der Waals surface area contributed by atoms with Gasteiger partial charge in [0, 0.05) is 5.69 Å². The number of hydrogen-bond donors (Lipinski definition) is 1. The number of hydrogen-bond acceptors (Lipinski definition) is 4. The fourth-order valence-corrected chi connectivity index (χ4v) is 2.69. The van der Waals surface area contributed by atoms with Crippen molar-refractivity contribution in [2.24, 2.45) is 0 Å². The van der Waals surface area contributed by atoms with Gasteiger partial charge in [0.05, 0.1) is 19.9 Å². The number of halogens is 1. The molecule has 0 spiro atoms. The number of benzene rings is 2. The van der Waals surface area contributed by atoms with Crippen LogP contribution in [-0.2, 0) is 6.54 Å². The Hall–Kier alpha value is -3.15. The molecule has 0 aliphatic carbocycles. The van der Waals surface area contributed by atoms with E-state index >= 15 is 0 Å². The standard InChI is InChI=1S/C20H20FN3O2/c1-13-4-9-17(14(2)10-13)22-20-23-19(25)18(26-3)12-24(20)11-15-5-7-16(21)8-6-15/h4-10,12H,11H2,1-3H3,(H,22,23,25). The molecule has 2 aromatic carbocycles. The van der Waals surface area contributed by atoms with Gasteiger partial charge in [-0.3, -0.25) is 4.79 Å². The smallest absolute Gasteiger partial charge is 0.316 e. The van der Waals surface area contributed by atoms with Crippen LogP contribution in [0.5, 0.6) is 5.75 Å². The number of nitrogens with zero attached hydrogens (tertiary/aromatic N) is 2. The van der Waals surface area contributed by atoms with Crippen LogP contribution < -0.4 is 15.6 Å². The second-order valence-electron chi connectivity index (χ2n) is 6.14. The molecule has 0 radical (unpaired) electrons. The number of nitrogens with one attached hydrogen (secondary N) is 1. The van der Waals surface area contributed by atoms with Gasteiger partial charge in [-0.1, -0.05) is 29.8 Å². The third-order valence-electron chi connectivity index (χ3n) is 4.08. The van der Waals surface area contributed by atoms with Crippen LogP contribution in [0.15, 0.2) is 53.5 Å². The topological polar surface area (TPSA) is 56.1 Å². The number of methoxy groups -OCH3 is 1. The minimum Gasteiger partial charge on any atom is -0.490 e. The van der Waals surface area contributed by atoms with E-state index in [1.807, 2.05) is 32.0 Å². The molecule has 134 valence electrons. The van der Waals surface area contributed by atoms with Crippen LogP contribution in [-0.4, -0.2) is 16.7 Å². The van der Waals surface area contributed by atoms with Crippen molar-refractivity contribution in [2.75, 3.05) is 12.4 Å². The highest BCUT2D eigenvalue weighted by Crippen LogP contribution is 2.21. The number of ether oxygens (including phenoxy) is 1. The summed E-state index contributed by atoms with van der Waals surface area (Å²) in [6.07, 6.45) is 1.60. The molecule has 5 nitrogen and oxygen atoms in total. The summed E-state index contributed by atoms with van der Waals surface area (Å²) in [5.74, 6) is 0.253. The number of rotatable bonds is 5. The number of anilines is 2. The van der Waals surface area contributed by atoms with E-state index in [1.165, 1.54) is 19.2 Å². The molecule has 0 saturated carbocycles. The lowest BCUT2D eigenvalue weighted by Crippen LogP contribution is -2.19. The van der Waals surface area contributed by atoms with Gasteiger partial charge in [0.15, 0.2) is 0 Å². The first-order valence-corrected chi connectivity index (χ1v) is 8.20. The van der Waals surface area contributed by atoms with Crippen molar-refractivity contribution >= 4 is 11.6 Å². The van der Waals surface area contributed by atoms with Crippen molar-refractivity contribution in [3.05, 3.63) is 81.5 Å². The molecule has 0 aliphatic heterocycles. The van der Waals surface area contributed by atoms with Crippen LogP contribution in [0.2, 0.25) is 0 Å². The largest absolute Gasteiger partial charge is 0.490 e. The summed E-state index contributed by atoms with van der Waals surface area (Å²) in [6, 6.07) is 12.2. The van der Waals surface area contributed by atoms with Crippen molar-refractivity contribution in [1.82, 2.24) is 9.55 Å². The van der Waals surface area contributed by atoms with Gasteiger partial charge in [-0.25, -0.2) is 4.39 Å². The summed E-state index contributed by atoms with van der Waals surface area (Å²) in [4.78, 5) is 16.2. The summed E-state index contributed by atoms with van der Waals surface area (Å²) in [7, 11) is 1.43. The Labute approximate surface area is 151 Å². The van der Waals surface area contributed by atoms with E-state index in [9.17, 15) is 9.18 Å². The maximum atomic E-state index is 13.1. The minimum atomic E-state index is -0.449. The second kappa shape index (κ2) is 7.39. The maximum Gasteiger partial charge on any atom is 0.316 e. The van der Waals surface area contributed by atoms with E-state index in [2.05, 4.69) is 10.3 Å². The summed E-state index contributed by atoms with van der Waals surface area (Å²) >= 11 is 0. The highest BCUT2D eigenvalue weighted by atomic mass is 19.1. The fourth-order valence-electron chi connectivity index (χ4n) is 2.69. The zero-order valence-electron chi connectivity index (χ0n) is 14.9. The quantitative estimate of drug-likeness (QED) is 0.758. The third-order valence-corrected chi connectivity index (χ3v) is 4.08. The van der Waals surface area contributed by atoms with Crippen LogP contribution in [0.3, 0.4) is 0 Å². The van der Waals surface area contributed by atoms with Gasteiger partial charge in [0.25, 0.3) is 0 Å². The van der Waals surface area contributed by atoms with Gasteiger partial charge in [-0.15, -0.1) is 0 Å². The average molecular weight is 353 g/mol. The Kier molecular flexibility index (Phi) is 5.02. The predicted molar refractivity (Wildman–Crippen MR) is 99.7 cm³/mol. The van der Waals surface area contributed by atoms with Gasteiger partial charge in [0.1, 0.15) is 5.82 Å². The van der Waals surface area contributed by atoms with E-state index in [0.717, 1.165) is 22.4 Å². The Balaban J connectivity index is 2.00. The van der Waals surface area contributed by atoms with E-state index in [0.29, 0.717) is 12.5 Å². The third kappa shape index (κ3) is 3.91. The van der Waals surface area contributed by atoms with Crippen molar-refractivity contribution < 1.29 is 9.13 Å². The monoisotopic (exact) mass is 353 g/mol. The zero-order chi connectivity index (χ0) is 18.7. The van der Waals surface area contributed by atoms with Gasteiger partial charge in [0.2, 0.25) is 11.7 Å². The van der Waals surface area contributed by atoms with E-state index < -0.39 is 5.56 Å². The Morgan fingerprint density at radius 2 is 1.88 bits per heavy atom. The van der Waals surface area contributed by atoms with Gasteiger partial charge in [-0.2, -0.15) is 4.98 Å². The lowest BCUT2D eigenvalue weighted by molar-refractivity contribution is 0.402. The van der Waals surface area contributed by atoms with Crippen LogP contribution in [0.4, 0.5) is 16.0 Å². The highest BCUT2D eigenvalue weighted by Gasteiger charge is 2.11. The molecule has 6 heteroatoms. The molecule has 1 heterocycles. The van der Waals surface area contributed by atoms with E-state index in [1.54, 1.807) is 22.9 Å². The molecule has 3 aromatic rings. The summed E-state index contributed by atoms with van der Waals surface area (Å²) in [5, 5.41) is 3.21. The molecule has 0 amide bonds. The van der Waals surface area contributed by atoms with Crippen LogP contribution in [0, 0.1) is 19.7 Å². The molecule has 3 rings (SSSR count). The Morgan fingerprint density at radius 1 is 1.15 bits per heavy atom. The molecule has 26 heavy (non-hydrogen) atoms. The molecule has 0 unspecified atom stereocenters. The SMILES string of the molecule is COc1cn(Cc2ccc(F)cc2)c(Nc2ccc(C)cc2C)nc1=O. The molecule has 0 atom stereocenters. The summed E-state index contributed by atoms with van der Waals surface area (Å²) in [6.45, 7) is 4.42. The van der Waals surface area contributed by atoms with Gasteiger partial charge in [-0.05, 0) is 43.2 Å². The molecular formula is C20H20FN3O2. The molecule has 1 aromatic heterocycles. The van der Waals surface area contributed by atoms with E-state index in [4.69, 9.17) is 4.74 Å². The molecular weight excluding hydrogens is 333 g/mol. The molecule has 0 aliphatic rings. The molecule has 1 N–H and O–H groups in total. The lowest BCUT2D eigenvalue weighted by atomic mass is 10.1. The average Bonchev–Trinajstić information content (AvgIpc) is 2.61. The van der Waals surface area contributed by atoms with Crippen molar-refractivity contribution in [3.8, 4) is 5.75 Å². The van der Waals surface area contributed by atoms with Crippen molar-refractivity contribution in [2.45, 2.75) is 20.4 Å². The Bertz CT molecular complexity index is 981. The Morgan fingerprint density at radius 3 is 2.54 bits per heavy atom. The normalized spacial score (nSPS) is 10.6. The van der Waals surface area contributed by atoms with Crippen LogP contribution in [0.25, 0.3) is 0 Å². The first kappa shape index (κ1) is 17.7. The van der Waals surface area contributed by atoms with Gasteiger partial charge < -0.3 is 14.6 Å². The first-order chi connectivity index (χ1) is 12.5. The lowest BCUT2D eigenvalue weighted by Gasteiger charge is -2.16. The predicted octanol–water partition coefficient (Wildman–Crippen LogP) is 3.80. The van der Waals surface area contributed by atoms with Crippen molar-refractivity contribution in [1.29, 1.82) is 0 Å². The first-order valence-electron chi connectivity index (χ1n) is 8.20. The fraction of sp³-hybridized carbons (Fsp3) is 0.200. The summed E-state index contributed by atoms with van der Waals surface area (Å²) < 4.78 is 20.0. The van der Waals surface area contributed by atoms with E-state index in [-0.39, 0.29) is 11.6 Å². The maximum absolute atomic E-state index is 13.1. The zero-order valence-corrected chi connectivity index (χ0v) is 14.9. The number of aryl methyl sites for hydroxylation is 2. The molecule has 0 fully saturated rings. The number of aromatic nitrogens is 2.